The van der Waals surface area contributed by atoms with Gasteiger partial charge < -0.3 is 5.32 Å². The zero-order valence-corrected chi connectivity index (χ0v) is 13.0. The second kappa shape index (κ2) is 6.74. The maximum atomic E-state index is 6.06. The Morgan fingerprint density at radius 3 is 2.74 bits per heavy atom. The molecule has 0 bridgehead atoms. The van der Waals surface area contributed by atoms with Crippen LogP contribution in [-0.2, 0) is 0 Å². The number of hydrogen-bond acceptors (Lipinski definition) is 2. The Balaban J connectivity index is 1.81. The second-order valence-corrected chi connectivity index (χ2v) is 6.39. The Morgan fingerprint density at radius 2 is 2.11 bits per heavy atom. The van der Waals surface area contributed by atoms with Crippen LogP contribution in [0.2, 0.25) is 5.02 Å². The molecule has 1 aromatic rings. The van der Waals surface area contributed by atoms with Gasteiger partial charge in [-0.15, -0.1) is 0 Å². The third-order valence-electron chi connectivity index (χ3n) is 3.92. The van der Waals surface area contributed by atoms with Crippen molar-refractivity contribution in [3.8, 4) is 0 Å². The van der Waals surface area contributed by atoms with Gasteiger partial charge in [0.25, 0.3) is 0 Å². The van der Waals surface area contributed by atoms with Crippen LogP contribution < -0.4 is 5.32 Å². The predicted octanol–water partition coefficient (Wildman–Crippen LogP) is 3.72. The molecule has 2 rings (SSSR count). The monoisotopic (exact) mass is 280 g/mol. The largest absolute Gasteiger partial charge is 0.314 e. The Bertz CT molecular complexity index is 403. The molecule has 1 saturated carbocycles. The molecule has 19 heavy (non-hydrogen) atoms. The molecule has 1 fully saturated rings. The van der Waals surface area contributed by atoms with Crippen molar-refractivity contribution in [2.24, 2.45) is 5.92 Å². The highest BCUT2D eigenvalue weighted by molar-refractivity contribution is 6.30. The summed E-state index contributed by atoms with van der Waals surface area (Å²) in [7, 11) is 2.19. The van der Waals surface area contributed by atoms with Crippen molar-refractivity contribution in [2.45, 2.75) is 38.8 Å². The second-order valence-electron chi connectivity index (χ2n) is 5.96. The summed E-state index contributed by atoms with van der Waals surface area (Å²) in [4.78, 5) is 2.41. The Kier molecular flexibility index (Phi) is 5.26. The lowest BCUT2D eigenvalue weighted by Gasteiger charge is -2.28. The molecule has 0 radical (unpaired) electrons. The predicted molar refractivity (Wildman–Crippen MR) is 82.7 cm³/mol. The van der Waals surface area contributed by atoms with E-state index >= 15 is 0 Å². The van der Waals surface area contributed by atoms with Crippen LogP contribution in [0.25, 0.3) is 0 Å². The summed E-state index contributed by atoms with van der Waals surface area (Å²) in [5, 5.41) is 4.42. The SMILES string of the molecule is CC(CNC1CC1)CN(C)C(C)c1cccc(Cl)c1. The van der Waals surface area contributed by atoms with Gasteiger partial charge in [0.2, 0.25) is 0 Å². The summed E-state index contributed by atoms with van der Waals surface area (Å²) in [5.41, 5.74) is 1.29. The fraction of sp³-hybridized carbons (Fsp3) is 0.625. The molecule has 0 spiro atoms. The highest BCUT2D eigenvalue weighted by Crippen LogP contribution is 2.23. The zero-order chi connectivity index (χ0) is 13.8. The smallest absolute Gasteiger partial charge is 0.0409 e. The van der Waals surface area contributed by atoms with Crippen LogP contribution in [0, 0.1) is 5.92 Å². The lowest BCUT2D eigenvalue weighted by molar-refractivity contribution is 0.223. The fourth-order valence-electron chi connectivity index (χ4n) is 2.39. The van der Waals surface area contributed by atoms with E-state index in [2.05, 4.69) is 43.2 Å². The number of hydrogen-bond donors (Lipinski definition) is 1. The van der Waals surface area contributed by atoms with E-state index in [9.17, 15) is 0 Å². The molecular weight excluding hydrogens is 256 g/mol. The summed E-state index contributed by atoms with van der Waals surface area (Å²) in [5.74, 6) is 0.673. The molecule has 0 saturated heterocycles. The fourth-order valence-corrected chi connectivity index (χ4v) is 2.59. The van der Waals surface area contributed by atoms with Gasteiger partial charge in [0, 0.05) is 23.7 Å². The topological polar surface area (TPSA) is 15.3 Å². The first kappa shape index (κ1) is 14.8. The molecule has 2 nitrogen and oxygen atoms in total. The normalized spacial score (nSPS) is 18.6. The average Bonchev–Trinajstić information content (AvgIpc) is 3.19. The van der Waals surface area contributed by atoms with Crippen molar-refractivity contribution in [3.63, 3.8) is 0 Å². The van der Waals surface area contributed by atoms with Crippen LogP contribution >= 0.6 is 11.6 Å². The van der Waals surface area contributed by atoms with Crippen LogP contribution in [0.4, 0.5) is 0 Å². The summed E-state index contributed by atoms with van der Waals surface area (Å²) in [6.45, 7) is 6.79. The van der Waals surface area contributed by atoms with Gasteiger partial charge in [0.1, 0.15) is 0 Å². The summed E-state index contributed by atoms with van der Waals surface area (Å²) >= 11 is 6.06. The first-order valence-corrected chi connectivity index (χ1v) is 7.63. The molecule has 2 unspecified atom stereocenters. The molecule has 0 aliphatic heterocycles. The van der Waals surface area contributed by atoms with Gasteiger partial charge >= 0.3 is 0 Å². The van der Waals surface area contributed by atoms with E-state index in [0.29, 0.717) is 12.0 Å². The van der Waals surface area contributed by atoms with Crippen molar-refractivity contribution in [1.29, 1.82) is 0 Å². The van der Waals surface area contributed by atoms with Gasteiger partial charge in [0.15, 0.2) is 0 Å². The Labute approximate surface area is 122 Å². The van der Waals surface area contributed by atoms with Crippen LogP contribution in [0.3, 0.4) is 0 Å². The summed E-state index contributed by atoms with van der Waals surface area (Å²) in [6, 6.07) is 9.39. The first-order valence-electron chi connectivity index (χ1n) is 7.25. The minimum absolute atomic E-state index is 0.405. The number of nitrogens with zero attached hydrogens (tertiary/aromatic N) is 1. The molecule has 0 amide bonds. The number of rotatable bonds is 7. The van der Waals surface area contributed by atoms with E-state index in [1.807, 2.05) is 12.1 Å². The van der Waals surface area contributed by atoms with Crippen LogP contribution in [0.1, 0.15) is 38.3 Å². The minimum Gasteiger partial charge on any atom is -0.314 e. The van der Waals surface area contributed by atoms with E-state index in [1.54, 1.807) is 0 Å². The van der Waals surface area contributed by atoms with Crippen molar-refractivity contribution < 1.29 is 0 Å². The maximum absolute atomic E-state index is 6.06. The lowest BCUT2D eigenvalue weighted by Crippen LogP contribution is -2.33. The zero-order valence-electron chi connectivity index (χ0n) is 12.2. The van der Waals surface area contributed by atoms with Crippen molar-refractivity contribution in [1.82, 2.24) is 10.2 Å². The van der Waals surface area contributed by atoms with Crippen LogP contribution in [-0.4, -0.2) is 31.1 Å². The molecular formula is C16H25ClN2. The van der Waals surface area contributed by atoms with Crippen molar-refractivity contribution in [3.05, 3.63) is 34.9 Å². The van der Waals surface area contributed by atoms with Gasteiger partial charge in [0.05, 0.1) is 0 Å². The highest BCUT2D eigenvalue weighted by Gasteiger charge is 2.21. The third kappa shape index (κ3) is 4.79. The van der Waals surface area contributed by atoms with E-state index in [0.717, 1.165) is 24.2 Å². The third-order valence-corrected chi connectivity index (χ3v) is 4.16. The van der Waals surface area contributed by atoms with E-state index in [4.69, 9.17) is 11.6 Å². The molecule has 3 heteroatoms. The van der Waals surface area contributed by atoms with Crippen LogP contribution in [0.5, 0.6) is 0 Å². The molecule has 1 aromatic carbocycles. The molecule has 1 aliphatic rings. The minimum atomic E-state index is 0.405. The van der Waals surface area contributed by atoms with Crippen LogP contribution in [0.15, 0.2) is 24.3 Å². The lowest BCUT2D eigenvalue weighted by atomic mass is 10.1. The summed E-state index contributed by atoms with van der Waals surface area (Å²) < 4.78 is 0. The molecule has 1 aliphatic carbocycles. The highest BCUT2D eigenvalue weighted by atomic mass is 35.5. The Hall–Kier alpha value is -0.570. The quantitative estimate of drug-likeness (QED) is 0.819. The molecule has 0 aromatic heterocycles. The maximum Gasteiger partial charge on any atom is 0.0409 e. The van der Waals surface area contributed by atoms with E-state index < -0.39 is 0 Å². The standard InChI is InChI=1S/C16H25ClN2/c1-12(10-18-16-7-8-16)11-19(3)13(2)14-5-4-6-15(17)9-14/h4-6,9,12-13,16,18H,7-8,10-11H2,1-3H3. The van der Waals surface area contributed by atoms with E-state index in [1.165, 1.54) is 18.4 Å². The molecule has 0 heterocycles. The van der Waals surface area contributed by atoms with Gasteiger partial charge in [-0.05, 0) is 57.0 Å². The Morgan fingerprint density at radius 1 is 1.37 bits per heavy atom. The van der Waals surface area contributed by atoms with Crippen molar-refractivity contribution >= 4 is 11.6 Å². The van der Waals surface area contributed by atoms with Gasteiger partial charge in [-0.2, -0.15) is 0 Å². The van der Waals surface area contributed by atoms with Gasteiger partial charge in [-0.25, -0.2) is 0 Å². The molecule has 106 valence electrons. The van der Waals surface area contributed by atoms with Gasteiger partial charge in [-0.3, -0.25) is 4.90 Å². The summed E-state index contributed by atoms with van der Waals surface area (Å²) in [6.07, 6.45) is 2.73. The number of nitrogens with one attached hydrogen (secondary N) is 1. The first-order chi connectivity index (χ1) is 9.06. The number of benzene rings is 1. The number of halogens is 1. The molecule has 1 N–H and O–H groups in total. The average molecular weight is 281 g/mol. The molecule has 2 atom stereocenters. The van der Waals surface area contributed by atoms with Gasteiger partial charge in [-0.1, -0.05) is 30.7 Å². The van der Waals surface area contributed by atoms with Crippen molar-refractivity contribution in [2.75, 3.05) is 20.1 Å². The van der Waals surface area contributed by atoms with E-state index in [-0.39, 0.29) is 0 Å².